The molecule has 0 heterocycles. The summed E-state index contributed by atoms with van der Waals surface area (Å²) in [5.41, 5.74) is 2.56. The van der Waals surface area contributed by atoms with Gasteiger partial charge >= 0.3 is 0 Å². The van der Waals surface area contributed by atoms with Gasteiger partial charge in [-0.05, 0) is 11.1 Å². The van der Waals surface area contributed by atoms with Gasteiger partial charge in [-0.1, -0.05) is 60.7 Å². The Labute approximate surface area is 124 Å². The average Bonchev–Trinajstić information content (AvgIpc) is 2.49. The molecule has 0 aliphatic carbocycles. The van der Waals surface area contributed by atoms with Crippen molar-refractivity contribution in [2.45, 2.75) is 17.9 Å². The molecule has 0 aliphatic rings. The van der Waals surface area contributed by atoms with E-state index in [0.717, 1.165) is 5.75 Å². The Hall–Kier alpha value is -1.74. The first kappa shape index (κ1) is 14.7. The van der Waals surface area contributed by atoms with Crippen LogP contribution in [0, 0.1) is 0 Å². The highest BCUT2D eigenvalue weighted by Crippen LogP contribution is 2.30. The lowest BCUT2D eigenvalue weighted by Crippen LogP contribution is -2.24. The number of carbonyl (C=O) groups excluding carboxylic acids is 1. The number of hydrogen-bond donors (Lipinski definition) is 1. The van der Waals surface area contributed by atoms with E-state index in [1.165, 1.54) is 11.1 Å². The zero-order valence-corrected chi connectivity index (χ0v) is 12.4. The van der Waals surface area contributed by atoms with E-state index in [-0.39, 0.29) is 11.2 Å². The van der Waals surface area contributed by atoms with Crippen molar-refractivity contribution in [3.63, 3.8) is 0 Å². The van der Waals surface area contributed by atoms with Crippen LogP contribution in [0.1, 0.15) is 23.3 Å². The molecular formula is C17H19NOS. The van der Waals surface area contributed by atoms with E-state index in [1.807, 2.05) is 36.0 Å². The van der Waals surface area contributed by atoms with Crippen LogP contribution < -0.4 is 5.32 Å². The van der Waals surface area contributed by atoms with Crippen LogP contribution in [-0.4, -0.2) is 12.5 Å². The molecule has 0 radical (unpaired) electrons. The maximum Gasteiger partial charge on any atom is 0.216 e. The smallest absolute Gasteiger partial charge is 0.216 e. The topological polar surface area (TPSA) is 29.1 Å². The minimum Gasteiger partial charge on any atom is -0.355 e. The Morgan fingerprint density at radius 1 is 1.05 bits per heavy atom. The van der Waals surface area contributed by atoms with Gasteiger partial charge in [-0.25, -0.2) is 0 Å². The molecular weight excluding hydrogens is 266 g/mol. The zero-order chi connectivity index (χ0) is 14.2. The summed E-state index contributed by atoms with van der Waals surface area (Å²) in [4.78, 5) is 11.1. The normalized spacial score (nSPS) is 11.8. The summed E-state index contributed by atoms with van der Waals surface area (Å²) in [6.45, 7) is 2.22. The Bertz CT molecular complexity index is 527. The molecule has 20 heavy (non-hydrogen) atoms. The van der Waals surface area contributed by atoms with Gasteiger partial charge < -0.3 is 5.32 Å². The van der Waals surface area contributed by atoms with Crippen molar-refractivity contribution in [2.24, 2.45) is 0 Å². The molecule has 1 atom stereocenters. The molecule has 2 nitrogen and oxygen atoms in total. The minimum absolute atomic E-state index is 0.0197. The Morgan fingerprint density at radius 3 is 2.25 bits per heavy atom. The standard InChI is InChI=1S/C17H19NOS/c1-14(19)18-12-17(16-10-6-3-7-11-16)20-13-15-8-4-2-5-9-15/h2-11,17H,12-13H2,1H3,(H,18,19). The van der Waals surface area contributed by atoms with Crippen LogP contribution in [0.3, 0.4) is 0 Å². The molecule has 104 valence electrons. The molecule has 0 spiro atoms. The quantitative estimate of drug-likeness (QED) is 0.874. The van der Waals surface area contributed by atoms with E-state index in [0.29, 0.717) is 6.54 Å². The third-order valence-electron chi connectivity index (χ3n) is 3.00. The maximum absolute atomic E-state index is 11.1. The molecule has 1 unspecified atom stereocenters. The maximum atomic E-state index is 11.1. The van der Waals surface area contributed by atoms with E-state index in [2.05, 4.69) is 41.7 Å². The van der Waals surface area contributed by atoms with Crippen LogP contribution in [-0.2, 0) is 10.5 Å². The summed E-state index contributed by atoms with van der Waals surface area (Å²) in [7, 11) is 0. The largest absolute Gasteiger partial charge is 0.355 e. The molecule has 1 N–H and O–H groups in total. The molecule has 2 rings (SSSR count). The van der Waals surface area contributed by atoms with Crippen LogP contribution in [0.2, 0.25) is 0 Å². The Morgan fingerprint density at radius 2 is 1.65 bits per heavy atom. The number of amides is 1. The first-order valence-corrected chi connectivity index (χ1v) is 7.75. The number of benzene rings is 2. The molecule has 2 aromatic rings. The van der Waals surface area contributed by atoms with E-state index in [4.69, 9.17) is 0 Å². The lowest BCUT2D eigenvalue weighted by atomic mass is 10.1. The SMILES string of the molecule is CC(=O)NCC(SCc1ccccc1)c1ccccc1. The van der Waals surface area contributed by atoms with E-state index < -0.39 is 0 Å². The summed E-state index contributed by atoms with van der Waals surface area (Å²) >= 11 is 1.85. The molecule has 2 aromatic carbocycles. The third-order valence-corrected chi connectivity index (χ3v) is 4.34. The van der Waals surface area contributed by atoms with Crippen molar-refractivity contribution in [3.8, 4) is 0 Å². The van der Waals surface area contributed by atoms with Crippen molar-refractivity contribution in [3.05, 3.63) is 71.8 Å². The molecule has 1 amide bonds. The highest BCUT2D eigenvalue weighted by molar-refractivity contribution is 7.98. The van der Waals surface area contributed by atoms with Crippen LogP contribution in [0.4, 0.5) is 0 Å². The lowest BCUT2D eigenvalue weighted by molar-refractivity contribution is -0.118. The third kappa shape index (κ3) is 4.74. The van der Waals surface area contributed by atoms with Gasteiger partial charge in [-0.2, -0.15) is 0 Å². The zero-order valence-electron chi connectivity index (χ0n) is 11.6. The monoisotopic (exact) mass is 285 g/mol. The predicted molar refractivity (Wildman–Crippen MR) is 85.6 cm³/mol. The van der Waals surface area contributed by atoms with Crippen LogP contribution in [0.5, 0.6) is 0 Å². The average molecular weight is 285 g/mol. The van der Waals surface area contributed by atoms with Gasteiger partial charge in [0, 0.05) is 24.5 Å². The summed E-state index contributed by atoms with van der Waals surface area (Å²) in [6, 6.07) is 20.7. The fraction of sp³-hybridized carbons (Fsp3) is 0.235. The van der Waals surface area contributed by atoms with Crippen LogP contribution in [0.15, 0.2) is 60.7 Å². The second kappa shape index (κ2) is 7.75. The summed E-state index contributed by atoms with van der Waals surface area (Å²) < 4.78 is 0. The van der Waals surface area contributed by atoms with Crippen molar-refractivity contribution in [2.75, 3.05) is 6.54 Å². The number of carbonyl (C=O) groups is 1. The van der Waals surface area contributed by atoms with Crippen LogP contribution >= 0.6 is 11.8 Å². The molecule has 0 saturated heterocycles. The number of hydrogen-bond acceptors (Lipinski definition) is 2. The molecule has 0 aliphatic heterocycles. The summed E-state index contributed by atoms with van der Waals surface area (Å²) in [5, 5.41) is 3.20. The Kier molecular flexibility index (Phi) is 5.69. The molecule has 0 bridgehead atoms. The van der Waals surface area contributed by atoms with Gasteiger partial charge in [0.1, 0.15) is 0 Å². The predicted octanol–water partition coefficient (Wildman–Crippen LogP) is 3.80. The molecule has 0 saturated carbocycles. The molecule has 3 heteroatoms. The second-order valence-electron chi connectivity index (χ2n) is 4.63. The lowest BCUT2D eigenvalue weighted by Gasteiger charge is -2.17. The first-order valence-electron chi connectivity index (χ1n) is 6.70. The van der Waals surface area contributed by atoms with Gasteiger partial charge in [0.15, 0.2) is 0 Å². The van der Waals surface area contributed by atoms with Crippen molar-refractivity contribution in [1.82, 2.24) is 5.32 Å². The summed E-state index contributed by atoms with van der Waals surface area (Å²) in [6.07, 6.45) is 0. The number of rotatable bonds is 6. The fourth-order valence-corrected chi connectivity index (χ4v) is 3.09. The highest BCUT2D eigenvalue weighted by atomic mass is 32.2. The van der Waals surface area contributed by atoms with Crippen LogP contribution in [0.25, 0.3) is 0 Å². The highest BCUT2D eigenvalue weighted by Gasteiger charge is 2.12. The van der Waals surface area contributed by atoms with Gasteiger partial charge in [-0.15, -0.1) is 11.8 Å². The fourth-order valence-electron chi connectivity index (χ4n) is 1.95. The summed E-state index contributed by atoms with van der Waals surface area (Å²) in [5.74, 6) is 0.964. The number of thioether (sulfide) groups is 1. The van der Waals surface area contributed by atoms with Crippen molar-refractivity contribution >= 4 is 17.7 Å². The Balaban J connectivity index is 2.01. The van der Waals surface area contributed by atoms with Gasteiger partial charge in [0.05, 0.1) is 0 Å². The van der Waals surface area contributed by atoms with E-state index in [9.17, 15) is 4.79 Å². The first-order chi connectivity index (χ1) is 9.75. The van der Waals surface area contributed by atoms with Crippen molar-refractivity contribution in [1.29, 1.82) is 0 Å². The molecule has 0 aromatic heterocycles. The van der Waals surface area contributed by atoms with Gasteiger partial charge in [0.2, 0.25) is 5.91 Å². The second-order valence-corrected chi connectivity index (χ2v) is 5.82. The number of nitrogens with one attached hydrogen (secondary N) is 1. The minimum atomic E-state index is 0.0197. The molecule has 0 fully saturated rings. The van der Waals surface area contributed by atoms with E-state index >= 15 is 0 Å². The van der Waals surface area contributed by atoms with E-state index in [1.54, 1.807) is 6.92 Å². The van der Waals surface area contributed by atoms with Gasteiger partial charge in [0.25, 0.3) is 0 Å². The van der Waals surface area contributed by atoms with Gasteiger partial charge in [-0.3, -0.25) is 4.79 Å². The van der Waals surface area contributed by atoms with Crippen molar-refractivity contribution < 1.29 is 4.79 Å².